The van der Waals surface area contributed by atoms with Gasteiger partial charge in [-0.3, -0.25) is 4.79 Å². The molecule has 2 aromatic rings. The highest BCUT2D eigenvalue weighted by Crippen LogP contribution is 2.29. The molecule has 0 radical (unpaired) electrons. The van der Waals surface area contributed by atoms with Gasteiger partial charge in [0.25, 0.3) is 5.91 Å². The van der Waals surface area contributed by atoms with Crippen molar-refractivity contribution in [1.29, 1.82) is 0 Å². The number of hydrogen-bond acceptors (Lipinski definition) is 6. The van der Waals surface area contributed by atoms with Crippen molar-refractivity contribution in [2.75, 3.05) is 14.1 Å². The Morgan fingerprint density at radius 1 is 1.20 bits per heavy atom. The Morgan fingerprint density at radius 2 is 1.84 bits per heavy atom. The third-order valence-electron chi connectivity index (χ3n) is 3.53. The molecular formula is C15H13F3N4O3. The summed E-state index contributed by atoms with van der Waals surface area (Å²) in [7, 11) is 3.25. The number of carbonyl (C=O) groups is 1. The van der Waals surface area contributed by atoms with Crippen LogP contribution >= 0.6 is 0 Å². The summed E-state index contributed by atoms with van der Waals surface area (Å²) >= 11 is 0. The second kappa shape index (κ2) is 6.19. The number of amides is 1. The van der Waals surface area contributed by atoms with E-state index in [9.17, 15) is 18.0 Å². The summed E-state index contributed by atoms with van der Waals surface area (Å²) in [4.78, 5) is 21.7. The summed E-state index contributed by atoms with van der Waals surface area (Å²) in [5.74, 6) is -1.75. The van der Waals surface area contributed by atoms with Gasteiger partial charge in [-0.15, -0.1) is 0 Å². The molecular weight excluding hydrogens is 341 g/mol. The minimum absolute atomic E-state index is 0.163. The molecule has 0 spiro atoms. The van der Waals surface area contributed by atoms with Crippen LogP contribution in [0.5, 0.6) is 0 Å². The molecule has 0 saturated carbocycles. The average Bonchev–Trinajstić information content (AvgIpc) is 3.23. The van der Waals surface area contributed by atoms with Crippen LogP contribution in [0.1, 0.15) is 17.9 Å². The summed E-state index contributed by atoms with van der Waals surface area (Å²) in [5.41, 5.74) is 1.64. The molecule has 1 unspecified atom stereocenters. The van der Waals surface area contributed by atoms with E-state index in [1.54, 1.807) is 38.4 Å². The number of alkyl halides is 3. The molecule has 1 aromatic heterocycles. The summed E-state index contributed by atoms with van der Waals surface area (Å²) in [6.07, 6.45) is -5.04. The number of oxime groups is 1. The van der Waals surface area contributed by atoms with Crippen LogP contribution in [0, 0.1) is 0 Å². The molecule has 0 fully saturated rings. The maximum Gasteiger partial charge on any atom is 0.471 e. The van der Waals surface area contributed by atoms with Gasteiger partial charge in [-0.1, -0.05) is 34.6 Å². The van der Waals surface area contributed by atoms with Gasteiger partial charge in [0.1, 0.15) is 0 Å². The first-order valence-corrected chi connectivity index (χ1v) is 7.21. The van der Waals surface area contributed by atoms with Crippen molar-refractivity contribution in [2.24, 2.45) is 5.16 Å². The molecule has 1 amide bonds. The van der Waals surface area contributed by atoms with Crippen molar-refractivity contribution in [1.82, 2.24) is 15.0 Å². The van der Waals surface area contributed by atoms with Gasteiger partial charge in [0.05, 0.1) is 5.71 Å². The predicted octanol–water partition coefficient (Wildman–Crippen LogP) is 2.34. The zero-order chi connectivity index (χ0) is 18.2. The van der Waals surface area contributed by atoms with Crippen molar-refractivity contribution in [3.63, 3.8) is 0 Å². The molecule has 0 aliphatic carbocycles. The lowest BCUT2D eigenvalue weighted by molar-refractivity contribution is -0.159. The highest BCUT2D eigenvalue weighted by Gasteiger charge is 2.38. The lowest BCUT2D eigenvalue weighted by atomic mass is 10.0. The number of hydrogen-bond donors (Lipinski definition) is 0. The van der Waals surface area contributed by atoms with E-state index in [0.29, 0.717) is 23.3 Å². The van der Waals surface area contributed by atoms with E-state index in [1.807, 2.05) is 0 Å². The van der Waals surface area contributed by atoms with Crippen molar-refractivity contribution in [2.45, 2.75) is 18.7 Å². The Kier molecular flexibility index (Phi) is 4.19. The second-order valence-corrected chi connectivity index (χ2v) is 5.57. The minimum Gasteiger partial charge on any atom is -0.382 e. The molecule has 2 heterocycles. The molecule has 132 valence electrons. The van der Waals surface area contributed by atoms with Crippen LogP contribution in [0.25, 0.3) is 11.4 Å². The predicted molar refractivity (Wildman–Crippen MR) is 79.5 cm³/mol. The number of likely N-dealkylation sites (N-methyl/N-ethyl adjacent to an activating group) is 1. The van der Waals surface area contributed by atoms with Crippen LogP contribution in [-0.4, -0.2) is 46.9 Å². The molecule has 0 N–H and O–H groups in total. The number of carbonyl (C=O) groups excluding carboxylic acids is 1. The lowest BCUT2D eigenvalue weighted by Crippen LogP contribution is -2.33. The van der Waals surface area contributed by atoms with Gasteiger partial charge in [-0.25, -0.2) is 0 Å². The maximum absolute atomic E-state index is 12.5. The van der Waals surface area contributed by atoms with Crippen molar-refractivity contribution in [3.8, 4) is 11.4 Å². The monoisotopic (exact) mass is 354 g/mol. The van der Waals surface area contributed by atoms with Crippen LogP contribution in [0.3, 0.4) is 0 Å². The Balaban J connectivity index is 1.73. The number of rotatable bonds is 3. The van der Waals surface area contributed by atoms with Gasteiger partial charge in [0.15, 0.2) is 0 Å². The van der Waals surface area contributed by atoms with Gasteiger partial charge in [0, 0.05) is 26.1 Å². The second-order valence-electron chi connectivity index (χ2n) is 5.57. The standard InChI is InChI=1S/C15H13F3N4O3/c1-22(2)13(23)11-7-10(20-24-11)8-3-5-9(6-4-8)12-19-14(25-21-12)15(16,17)18/h3-6,11H,7H2,1-2H3. The first-order chi connectivity index (χ1) is 11.8. The number of aromatic nitrogens is 2. The van der Waals surface area contributed by atoms with Crippen molar-refractivity contribution in [3.05, 3.63) is 35.7 Å². The lowest BCUT2D eigenvalue weighted by Gasteiger charge is -2.13. The van der Waals surface area contributed by atoms with Gasteiger partial charge in [-0.05, 0) is 5.56 Å². The van der Waals surface area contributed by atoms with Gasteiger partial charge >= 0.3 is 12.1 Å². The molecule has 1 aromatic carbocycles. The largest absolute Gasteiger partial charge is 0.471 e. The zero-order valence-corrected chi connectivity index (χ0v) is 13.2. The van der Waals surface area contributed by atoms with E-state index in [4.69, 9.17) is 4.84 Å². The normalized spacial score (nSPS) is 17.2. The quantitative estimate of drug-likeness (QED) is 0.845. The van der Waals surface area contributed by atoms with Gasteiger partial charge in [-0.2, -0.15) is 18.2 Å². The molecule has 1 atom stereocenters. The van der Waals surface area contributed by atoms with E-state index in [1.165, 1.54) is 4.90 Å². The van der Waals surface area contributed by atoms with Crippen LogP contribution in [0.4, 0.5) is 13.2 Å². The molecule has 0 saturated heterocycles. The molecule has 1 aliphatic heterocycles. The fourth-order valence-electron chi connectivity index (χ4n) is 2.24. The van der Waals surface area contributed by atoms with Crippen LogP contribution in [0.15, 0.2) is 33.9 Å². The SMILES string of the molecule is CN(C)C(=O)C1CC(c2ccc(-c3noc(C(F)(F)F)n3)cc2)=NO1. The van der Waals surface area contributed by atoms with E-state index < -0.39 is 18.2 Å². The fraction of sp³-hybridized carbons (Fsp3) is 0.333. The van der Waals surface area contributed by atoms with Crippen LogP contribution < -0.4 is 0 Å². The molecule has 1 aliphatic rings. The topological polar surface area (TPSA) is 80.8 Å². The number of halogens is 3. The molecule has 10 heteroatoms. The third-order valence-corrected chi connectivity index (χ3v) is 3.53. The van der Waals surface area contributed by atoms with Crippen molar-refractivity contribution < 1.29 is 27.3 Å². The highest BCUT2D eigenvalue weighted by molar-refractivity contribution is 6.04. The Bertz CT molecular complexity index is 812. The zero-order valence-electron chi connectivity index (χ0n) is 13.2. The first kappa shape index (κ1) is 16.9. The Hall–Kier alpha value is -2.91. The summed E-state index contributed by atoms with van der Waals surface area (Å²) in [6.45, 7) is 0. The van der Waals surface area contributed by atoms with Crippen molar-refractivity contribution >= 4 is 11.6 Å². The summed E-state index contributed by atoms with van der Waals surface area (Å²) in [6, 6.07) is 6.38. The highest BCUT2D eigenvalue weighted by atomic mass is 19.4. The molecule has 7 nitrogen and oxygen atoms in total. The average molecular weight is 354 g/mol. The molecule has 0 bridgehead atoms. The molecule has 25 heavy (non-hydrogen) atoms. The number of nitrogens with zero attached hydrogens (tertiary/aromatic N) is 4. The van der Waals surface area contributed by atoms with Gasteiger partial charge in [0.2, 0.25) is 11.9 Å². The third kappa shape index (κ3) is 3.47. The maximum atomic E-state index is 12.5. The fourth-order valence-corrected chi connectivity index (χ4v) is 2.24. The number of benzene rings is 1. The van der Waals surface area contributed by atoms with E-state index in [0.717, 1.165) is 0 Å². The van der Waals surface area contributed by atoms with E-state index in [2.05, 4.69) is 19.8 Å². The minimum atomic E-state index is -4.69. The molecule has 3 rings (SSSR count). The summed E-state index contributed by atoms with van der Waals surface area (Å²) < 4.78 is 41.7. The van der Waals surface area contributed by atoms with E-state index in [-0.39, 0.29) is 11.7 Å². The Labute approximate surface area is 140 Å². The van der Waals surface area contributed by atoms with Gasteiger partial charge < -0.3 is 14.3 Å². The van der Waals surface area contributed by atoms with Crippen LogP contribution in [-0.2, 0) is 15.8 Å². The van der Waals surface area contributed by atoms with E-state index >= 15 is 0 Å². The first-order valence-electron chi connectivity index (χ1n) is 7.21. The smallest absolute Gasteiger partial charge is 0.382 e. The summed E-state index contributed by atoms with van der Waals surface area (Å²) in [5, 5.41) is 7.22. The Morgan fingerprint density at radius 3 is 2.40 bits per heavy atom. The van der Waals surface area contributed by atoms with Crippen LogP contribution in [0.2, 0.25) is 0 Å².